The van der Waals surface area contributed by atoms with E-state index in [1.807, 2.05) is 12.2 Å². The molecule has 3 atom stereocenters. The van der Waals surface area contributed by atoms with E-state index in [9.17, 15) is 0 Å². The first-order valence-electron chi connectivity index (χ1n) is 7.72. The number of hydrogen-bond acceptors (Lipinski definition) is 3. The van der Waals surface area contributed by atoms with Gasteiger partial charge < -0.3 is 5.32 Å². The standard InChI is InChI=1S/C16H29N4/c1-5-7-15(4)16(8-6-2,19-14(3)13-18-15)20-11-9-17-10-12-20/h5-6,14,17,19H,1-2,7-13H2,3-4H3. The number of piperazine rings is 2. The second-order valence-electron chi connectivity index (χ2n) is 6.24. The summed E-state index contributed by atoms with van der Waals surface area (Å²) in [4.78, 5) is 2.56. The summed E-state index contributed by atoms with van der Waals surface area (Å²) >= 11 is 0. The van der Waals surface area contributed by atoms with Crippen molar-refractivity contribution < 1.29 is 0 Å². The molecule has 113 valence electrons. The van der Waals surface area contributed by atoms with Crippen LogP contribution in [-0.2, 0) is 0 Å². The molecule has 2 fully saturated rings. The van der Waals surface area contributed by atoms with Crippen LogP contribution in [-0.4, -0.2) is 54.9 Å². The van der Waals surface area contributed by atoms with Crippen molar-refractivity contribution in [1.82, 2.24) is 20.9 Å². The topological polar surface area (TPSA) is 41.4 Å². The number of hydrogen-bond donors (Lipinski definition) is 2. The van der Waals surface area contributed by atoms with Crippen molar-refractivity contribution in [2.24, 2.45) is 0 Å². The van der Waals surface area contributed by atoms with E-state index in [0.29, 0.717) is 6.04 Å². The zero-order valence-corrected chi connectivity index (χ0v) is 13.0. The third kappa shape index (κ3) is 2.70. The molecular formula is C16H29N4. The second-order valence-corrected chi connectivity index (χ2v) is 6.24. The first-order chi connectivity index (χ1) is 9.58. The van der Waals surface area contributed by atoms with E-state index in [1.165, 1.54) is 0 Å². The highest BCUT2D eigenvalue weighted by Gasteiger charge is 2.54. The van der Waals surface area contributed by atoms with E-state index in [1.54, 1.807) is 0 Å². The lowest BCUT2D eigenvalue weighted by molar-refractivity contribution is -0.0596. The van der Waals surface area contributed by atoms with Crippen LogP contribution >= 0.6 is 0 Å². The highest BCUT2D eigenvalue weighted by Crippen LogP contribution is 2.37. The van der Waals surface area contributed by atoms with E-state index in [0.717, 1.165) is 45.6 Å². The van der Waals surface area contributed by atoms with Crippen LogP contribution in [0.2, 0.25) is 0 Å². The van der Waals surface area contributed by atoms with Gasteiger partial charge >= 0.3 is 0 Å². The molecule has 2 rings (SSSR count). The summed E-state index contributed by atoms with van der Waals surface area (Å²) < 4.78 is 0. The lowest BCUT2D eigenvalue weighted by atomic mass is 9.76. The summed E-state index contributed by atoms with van der Waals surface area (Å²) in [6, 6.07) is 0.405. The van der Waals surface area contributed by atoms with Crippen molar-refractivity contribution in [1.29, 1.82) is 0 Å². The van der Waals surface area contributed by atoms with Crippen molar-refractivity contribution >= 4 is 0 Å². The van der Waals surface area contributed by atoms with Gasteiger partial charge in [-0.1, -0.05) is 12.2 Å². The van der Waals surface area contributed by atoms with E-state index in [4.69, 9.17) is 5.32 Å². The molecule has 1 radical (unpaired) electrons. The molecule has 0 amide bonds. The average molecular weight is 277 g/mol. The van der Waals surface area contributed by atoms with Gasteiger partial charge in [-0.3, -0.25) is 10.2 Å². The van der Waals surface area contributed by atoms with Gasteiger partial charge in [-0.25, -0.2) is 5.32 Å². The predicted octanol–water partition coefficient (Wildman–Crippen LogP) is 1.09. The lowest BCUT2D eigenvalue weighted by Gasteiger charge is -2.59. The molecule has 20 heavy (non-hydrogen) atoms. The SMILES string of the molecule is C=CCC1(C)[N]CC(C)NC1(CC=C)N1CCNCC1. The quantitative estimate of drug-likeness (QED) is 0.739. The Bertz CT molecular complexity index is 350. The molecule has 0 aromatic carbocycles. The van der Waals surface area contributed by atoms with E-state index < -0.39 is 0 Å². The Morgan fingerprint density at radius 2 is 1.90 bits per heavy atom. The normalized spacial score (nSPS) is 39.4. The summed E-state index contributed by atoms with van der Waals surface area (Å²) in [5, 5.41) is 12.3. The Balaban J connectivity index is 2.36. The van der Waals surface area contributed by atoms with Gasteiger partial charge in [0.2, 0.25) is 0 Å². The molecule has 0 bridgehead atoms. The van der Waals surface area contributed by atoms with Gasteiger partial charge in [0.05, 0.1) is 11.2 Å². The minimum absolute atomic E-state index is 0.136. The van der Waals surface area contributed by atoms with Gasteiger partial charge in [-0.15, -0.1) is 13.2 Å². The molecule has 0 spiro atoms. The number of nitrogens with zero attached hydrogens (tertiary/aromatic N) is 2. The minimum Gasteiger partial charge on any atom is -0.314 e. The second kappa shape index (κ2) is 6.39. The Kier molecular flexibility index (Phi) is 5.02. The summed E-state index contributed by atoms with van der Waals surface area (Å²) in [7, 11) is 0. The lowest BCUT2D eigenvalue weighted by Crippen LogP contribution is -2.80. The zero-order chi connectivity index (χ0) is 14.6. The van der Waals surface area contributed by atoms with Crippen molar-refractivity contribution in [3.63, 3.8) is 0 Å². The third-order valence-corrected chi connectivity index (χ3v) is 4.73. The van der Waals surface area contributed by atoms with Crippen LogP contribution in [0.15, 0.2) is 25.3 Å². The molecule has 0 aromatic heterocycles. The van der Waals surface area contributed by atoms with Gasteiger partial charge in [-0.2, -0.15) is 0 Å². The van der Waals surface area contributed by atoms with Crippen LogP contribution in [0.1, 0.15) is 26.7 Å². The molecule has 3 unspecified atom stereocenters. The minimum atomic E-state index is -0.146. The molecule has 2 aliphatic heterocycles. The fourth-order valence-corrected chi connectivity index (χ4v) is 3.69. The smallest absolute Gasteiger partial charge is 0.0954 e. The fraction of sp³-hybridized carbons (Fsp3) is 0.750. The van der Waals surface area contributed by atoms with E-state index in [-0.39, 0.29) is 11.2 Å². The van der Waals surface area contributed by atoms with E-state index >= 15 is 0 Å². The van der Waals surface area contributed by atoms with Crippen LogP contribution in [0.3, 0.4) is 0 Å². The maximum atomic E-state index is 5.04. The van der Waals surface area contributed by atoms with Crippen LogP contribution in [0.5, 0.6) is 0 Å². The average Bonchev–Trinajstić information content (AvgIpc) is 2.45. The van der Waals surface area contributed by atoms with E-state index in [2.05, 4.69) is 42.5 Å². The maximum absolute atomic E-state index is 5.04. The van der Waals surface area contributed by atoms with Crippen LogP contribution in [0.4, 0.5) is 0 Å². The molecule has 4 heteroatoms. The summed E-state index contributed by atoms with van der Waals surface area (Å²) in [5.41, 5.74) is -0.282. The highest BCUT2D eigenvalue weighted by atomic mass is 15.4. The van der Waals surface area contributed by atoms with Crippen LogP contribution < -0.4 is 16.0 Å². The van der Waals surface area contributed by atoms with Crippen LogP contribution in [0.25, 0.3) is 0 Å². The Hall–Kier alpha value is -0.680. The summed E-state index contributed by atoms with van der Waals surface area (Å²) in [6.07, 6.45) is 5.83. The molecular weight excluding hydrogens is 248 g/mol. The number of rotatable bonds is 5. The third-order valence-electron chi connectivity index (χ3n) is 4.73. The van der Waals surface area contributed by atoms with Crippen LogP contribution in [0, 0.1) is 0 Å². The largest absolute Gasteiger partial charge is 0.314 e. The summed E-state index contributed by atoms with van der Waals surface area (Å²) in [5.74, 6) is 0. The van der Waals surface area contributed by atoms with Gasteiger partial charge in [0.15, 0.2) is 0 Å². The van der Waals surface area contributed by atoms with Crippen molar-refractivity contribution in [3.05, 3.63) is 25.3 Å². The van der Waals surface area contributed by atoms with Gasteiger partial charge in [0.1, 0.15) is 0 Å². The Morgan fingerprint density at radius 3 is 2.50 bits per heavy atom. The monoisotopic (exact) mass is 277 g/mol. The molecule has 2 N–H and O–H groups in total. The van der Waals surface area contributed by atoms with Gasteiger partial charge in [-0.05, 0) is 26.7 Å². The molecule has 0 aliphatic carbocycles. The van der Waals surface area contributed by atoms with Crippen molar-refractivity contribution in [3.8, 4) is 0 Å². The van der Waals surface area contributed by atoms with Crippen molar-refractivity contribution in [2.75, 3.05) is 32.7 Å². The predicted molar refractivity (Wildman–Crippen MR) is 84.8 cm³/mol. The molecule has 2 heterocycles. The first kappa shape index (κ1) is 15.7. The highest BCUT2D eigenvalue weighted by molar-refractivity contribution is 5.15. The molecule has 0 aromatic rings. The molecule has 2 saturated heterocycles. The maximum Gasteiger partial charge on any atom is 0.0954 e. The Morgan fingerprint density at radius 1 is 1.25 bits per heavy atom. The zero-order valence-electron chi connectivity index (χ0n) is 13.0. The fourth-order valence-electron chi connectivity index (χ4n) is 3.69. The van der Waals surface area contributed by atoms with Crippen molar-refractivity contribution in [2.45, 2.75) is 43.9 Å². The Labute approximate surface area is 123 Å². The van der Waals surface area contributed by atoms with Gasteiger partial charge in [0.25, 0.3) is 0 Å². The summed E-state index contributed by atoms with van der Waals surface area (Å²) in [6.45, 7) is 17.5. The molecule has 0 saturated carbocycles. The van der Waals surface area contributed by atoms with Gasteiger partial charge in [0, 0.05) is 38.8 Å². The molecule has 2 aliphatic rings. The molecule has 4 nitrogen and oxygen atoms in total. The first-order valence-corrected chi connectivity index (χ1v) is 7.72. The number of nitrogens with one attached hydrogen (secondary N) is 2.